The van der Waals surface area contributed by atoms with Gasteiger partial charge in [-0.2, -0.15) is 0 Å². The van der Waals surface area contributed by atoms with Crippen LogP contribution in [-0.4, -0.2) is 29.4 Å². The van der Waals surface area contributed by atoms with E-state index in [4.69, 9.17) is 12.2 Å². The lowest BCUT2D eigenvalue weighted by Crippen LogP contribution is -2.34. The highest BCUT2D eigenvalue weighted by Gasteiger charge is 2.17. The molecule has 3 aromatic carbocycles. The molecule has 8 nitrogen and oxygen atoms in total. The minimum Gasteiger partial charge on any atom is -0.332 e. The minimum atomic E-state index is -3.87. The molecule has 0 saturated heterocycles. The Labute approximate surface area is 202 Å². The normalized spacial score (nSPS) is 11.1. The van der Waals surface area contributed by atoms with E-state index in [2.05, 4.69) is 25.3 Å². The summed E-state index contributed by atoms with van der Waals surface area (Å²) in [6.45, 7) is 3.52. The molecule has 0 bridgehead atoms. The lowest BCUT2D eigenvalue weighted by atomic mass is 10.0. The van der Waals surface area contributed by atoms with Gasteiger partial charge < -0.3 is 5.32 Å². The first-order valence-electron chi connectivity index (χ1n) is 10.3. The average molecular weight is 492 g/mol. The fourth-order valence-electron chi connectivity index (χ4n) is 3.42. The molecule has 0 saturated carbocycles. The smallest absolute Gasteiger partial charge is 0.264 e. The van der Waals surface area contributed by atoms with Crippen molar-refractivity contribution in [3.63, 3.8) is 0 Å². The molecule has 0 aliphatic carbocycles. The van der Waals surface area contributed by atoms with Crippen molar-refractivity contribution in [1.29, 1.82) is 0 Å². The van der Waals surface area contributed by atoms with E-state index >= 15 is 0 Å². The molecule has 0 fully saturated rings. The molecule has 34 heavy (non-hydrogen) atoms. The molecule has 4 aromatic rings. The number of aryl methyl sites for hydroxylation is 2. The van der Waals surface area contributed by atoms with E-state index in [0.717, 1.165) is 10.8 Å². The van der Waals surface area contributed by atoms with Crippen molar-refractivity contribution in [3.8, 4) is 0 Å². The molecule has 10 heteroatoms. The topological polar surface area (TPSA) is 113 Å². The van der Waals surface area contributed by atoms with Crippen LogP contribution in [-0.2, 0) is 10.0 Å². The third kappa shape index (κ3) is 5.36. The summed E-state index contributed by atoms with van der Waals surface area (Å²) in [5.41, 5.74) is 2.33. The standard InChI is InChI=1S/C24H21N5O3S2/c1-15-14-16(2)26-23(25-15)29-34(31,32)19-12-10-18(11-13-19)27-24(33)28-22(30)21-9-5-7-17-6-3-4-8-20(17)21/h3-14H,1-2H3,(H,25,26,29)(H2,27,28,30,33). The average Bonchev–Trinajstić information content (AvgIpc) is 2.78. The van der Waals surface area contributed by atoms with E-state index in [9.17, 15) is 13.2 Å². The van der Waals surface area contributed by atoms with Crippen LogP contribution in [0.2, 0.25) is 0 Å². The molecule has 3 N–H and O–H groups in total. The molecule has 172 valence electrons. The van der Waals surface area contributed by atoms with Crippen LogP contribution in [0.3, 0.4) is 0 Å². The Morgan fingerprint density at radius 2 is 1.53 bits per heavy atom. The van der Waals surface area contributed by atoms with E-state index in [0.29, 0.717) is 22.6 Å². The Morgan fingerprint density at radius 3 is 2.24 bits per heavy atom. The highest BCUT2D eigenvalue weighted by molar-refractivity contribution is 7.92. The van der Waals surface area contributed by atoms with Crippen LogP contribution in [0.15, 0.2) is 77.7 Å². The lowest BCUT2D eigenvalue weighted by molar-refractivity contribution is 0.0979. The summed E-state index contributed by atoms with van der Waals surface area (Å²) in [7, 11) is -3.87. The van der Waals surface area contributed by atoms with Crippen molar-refractivity contribution in [1.82, 2.24) is 15.3 Å². The number of hydrogen-bond acceptors (Lipinski definition) is 6. The number of benzene rings is 3. The first kappa shape index (κ1) is 23.3. The van der Waals surface area contributed by atoms with Crippen LogP contribution < -0.4 is 15.4 Å². The molecule has 1 amide bonds. The van der Waals surface area contributed by atoms with Gasteiger partial charge in [0.2, 0.25) is 5.95 Å². The Kier molecular flexibility index (Phi) is 6.53. The summed E-state index contributed by atoms with van der Waals surface area (Å²) in [6.07, 6.45) is 0. The van der Waals surface area contributed by atoms with Crippen molar-refractivity contribution >= 4 is 55.7 Å². The largest absolute Gasteiger partial charge is 0.332 e. The number of fused-ring (bicyclic) bond motifs is 1. The maximum Gasteiger partial charge on any atom is 0.264 e. The number of carbonyl (C=O) groups excluding carboxylic acids is 1. The molecule has 0 unspecified atom stereocenters. The fraction of sp³-hybridized carbons (Fsp3) is 0.0833. The minimum absolute atomic E-state index is 0.0111. The first-order chi connectivity index (χ1) is 16.2. The molecular formula is C24H21N5O3S2. The number of amides is 1. The van der Waals surface area contributed by atoms with Gasteiger partial charge in [0.25, 0.3) is 15.9 Å². The number of thiocarbonyl (C=S) groups is 1. The number of sulfonamides is 1. The zero-order valence-electron chi connectivity index (χ0n) is 18.4. The summed E-state index contributed by atoms with van der Waals surface area (Å²) >= 11 is 5.26. The molecule has 0 radical (unpaired) electrons. The Bertz CT molecular complexity index is 1480. The predicted octanol–water partition coefficient (Wildman–Crippen LogP) is 4.17. The van der Waals surface area contributed by atoms with E-state index in [1.165, 1.54) is 12.1 Å². The van der Waals surface area contributed by atoms with Gasteiger partial charge in [-0.1, -0.05) is 36.4 Å². The first-order valence-corrected chi connectivity index (χ1v) is 12.2. The maximum absolute atomic E-state index is 12.7. The van der Waals surface area contributed by atoms with Crippen molar-refractivity contribution in [2.45, 2.75) is 18.7 Å². The number of nitrogens with one attached hydrogen (secondary N) is 3. The van der Waals surface area contributed by atoms with E-state index in [1.807, 2.05) is 36.4 Å². The quantitative estimate of drug-likeness (QED) is 0.359. The SMILES string of the molecule is Cc1cc(C)nc(NS(=O)(=O)c2ccc(NC(=S)NC(=O)c3cccc4ccccc34)cc2)n1. The Balaban J connectivity index is 1.43. The van der Waals surface area contributed by atoms with Crippen molar-refractivity contribution in [3.05, 3.63) is 89.7 Å². The third-order valence-corrected chi connectivity index (χ3v) is 6.44. The predicted molar refractivity (Wildman–Crippen MR) is 136 cm³/mol. The van der Waals surface area contributed by atoms with Gasteiger partial charge in [0, 0.05) is 22.6 Å². The molecule has 4 rings (SSSR count). The van der Waals surface area contributed by atoms with Gasteiger partial charge in [0.1, 0.15) is 0 Å². The Hall–Kier alpha value is -3.89. The van der Waals surface area contributed by atoms with Crippen LogP contribution in [0.4, 0.5) is 11.6 Å². The molecular weight excluding hydrogens is 470 g/mol. The monoisotopic (exact) mass is 491 g/mol. The van der Waals surface area contributed by atoms with Gasteiger partial charge in [-0.15, -0.1) is 0 Å². The van der Waals surface area contributed by atoms with Gasteiger partial charge in [0.05, 0.1) is 4.90 Å². The molecule has 1 aromatic heterocycles. The lowest BCUT2D eigenvalue weighted by Gasteiger charge is -2.12. The number of nitrogens with zero attached hydrogens (tertiary/aromatic N) is 2. The highest BCUT2D eigenvalue weighted by Crippen LogP contribution is 2.19. The van der Waals surface area contributed by atoms with Crippen LogP contribution in [0.25, 0.3) is 10.8 Å². The van der Waals surface area contributed by atoms with E-state index < -0.39 is 10.0 Å². The highest BCUT2D eigenvalue weighted by atomic mass is 32.2. The molecule has 0 aliphatic heterocycles. The van der Waals surface area contributed by atoms with Crippen LogP contribution >= 0.6 is 12.2 Å². The molecule has 0 atom stereocenters. The van der Waals surface area contributed by atoms with Crippen LogP contribution in [0.1, 0.15) is 21.7 Å². The van der Waals surface area contributed by atoms with Gasteiger partial charge in [-0.25, -0.2) is 23.1 Å². The van der Waals surface area contributed by atoms with Crippen LogP contribution in [0, 0.1) is 13.8 Å². The molecule has 0 aliphatic rings. The molecule has 1 heterocycles. The summed E-state index contributed by atoms with van der Waals surface area (Å²) in [5, 5.41) is 7.41. The van der Waals surface area contributed by atoms with Gasteiger partial charge >= 0.3 is 0 Å². The maximum atomic E-state index is 12.7. The fourth-order valence-corrected chi connectivity index (χ4v) is 4.58. The molecule has 0 spiro atoms. The second-order valence-electron chi connectivity index (χ2n) is 7.54. The summed E-state index contributed by atoms with van der Waals surface area (Å²) < 4.78 is 27.7. The Morgan fingerprint density at radius 1 is 0.882 bits per heavy atom. The number of anilines is 2. The van der Waals surface area contributed by atoms with E-state index in [1.54, 1.807) is 38.1 Å². The number of carbonyl (C=O) groups is 1. The number of hydrogen-bond donors (Lipinski definition) is 3. The summed E-state index contributed by atoms with van der Waals surface area (Å²) in [6, 6.07) is 20.7. The number of rotatable bonds is 5. The van der Waals surface area contributed by atoms with Gasteiger partial charge in [0.15, 0.2) is 5.11 Å². The summed E-state index contributed by atoms with van der Waals surface area (Å²) in [4.78, 5) is 21.0. The summed E-state index contributed by atoms with van der Waals surface area (Å²) in [5.74, 6) is -0.330. The van der Waals surface area contributed by atoms with Gasteiger partial charge in [-0.05, 0) is 73.2 Å². The number of aromatic nitrogens is 2. The second kappa shape index (κ2) is 9.54. The van der Waals surface area contributed by atoms with Crippen molar-refractivity contribution in [2.75, 3.05) is 10.0 Å². The van der Waals surface area contributed by atoms with Crippen molar-refractivity contribution in [2.24, 2.45) is 0 Å². The van der Waals surface area contributed by atoms with Crippen LogP contribution in [0.5, 0.6) is 0 Å². The van der Waals surface area contributed by atoms with Crippen molar-refractivity contribution < 1.29 is 13.2 Å². The zero-order valence-corrected chi connectivity index (χ0v) is 20.0. The zero-order chi connectivity index (χ0) is 24.3. The second-order valence-corrected chi connectivity index (χ2v) is 9.63. The van der Waals surface area contributed by atoms with Gasteiger partial charge in [-0.3, -0.25) is 10.1 Å². The third-order valence-electron chi connectivity index (χ3n) is 4.89. The van der Waals surface area contributed by atoms with E-state index in [-0.39, 0.29) is 21.9 Å².